The Kier molecular flexibility index (Phi) is 8.90. The molecule has 3 atom stereocenters. The highest BCUT2D eigenvalue weighted by atomic mass is 79.9. The molecule has 3 unspecified atom stereocenters. The second kappa shape index (κ2) is 10.8. The number of hydrogen-bond acceptors (Lipinski definition) is 8. The lowest BCUT2D eigenvalue weighted by molar-refractivity contribution is -0.165. The van der Waals surface area contributed by atoms with Crippen molar-refractivity contribution in [3.8, 4) is 0 Å². The number of cyclic esters (lactones) is 1. The fourth-order valence-corrected chi connectivity index (χ4v) is 4.66. The van der Waals surface area contributed by atoms with Crippen LogP contribution in [-0.2, 0) is 30.2 Å². The number of furan rings is 1. The maximum atomic E-state index is 13.5. The van der Waals surface area contributed by atoms with E-state index in [1.165, 1.54) is 14.0 Å². The van der Waals surface area contributed by atoms with Crippen LogP contribution in [0.3, 0.4) is 0 Å². The minimum atomic E-state index is -1.33. The van der Waals surface area contributed by atoms with E-state index < -0.39 is 41.8 Å². The highest BCUT2D eigenvalue weighted by molar-refractivity contribution is 9.10. The number of aryl methyl sites for hydroxylation is 1. The average molecular weight is 518 g/mol. The van der Waals surface area contributed by atoms with E-state index in [0.717, 1.165) is 4.90 Å². The molecule has 10 heteroatoms. The van der Waals surface area contributed by atoms with Gasteiger partial charge in [-0.1, -0.05) is 13.8 Å². The molecule has 0 saturated carbocycles. The maximum absolute atomic E-state index is 13.5. The number of imide groups is 1. The number of aliphatic hydroxyl groups excluding tert-OH is 1. The van der Waals surface area contributed by atoms with Gasteiger partial charge in [0, 0.05) is 27.1 Å². The molecule has 180 valence electrons. The van der Waals surface area contributed by atoms with E-state index in [0.29, 0.717) is 29.5 Å². The van der Waals surface area contributed by atoms with Crippen molar-refractivity contribution in [1.82, 2.24) is 4.90 Å². The SMILES string of the molecule is COC(C(=O)N1C(=O)OC(C)(C)C1C(C)C)C(OC(C)=O)c1cc(Br)c(CCCCO)o1. The van der Waals surface area contributed by atoms with Crippen molar-refractivity contribution in [3.05, 3.63) is 22.1 Å². The molecule has 0 aliphatic carbocycles. The standard InChI is InChI=1S/C22H32BrNO8/c1-12(2)19-22(4,5)32-21(28)24(19)20(27)18(29-6)17(30-13(3)26)16-11-14(23)15(31-16)9-7-8-10-25/h11-12,17-19,25H,7-10H2,1-6H3. The Bertz CT molecular complexity index is 834. The first-order valence-corrected chi connectivity index (χ1v) is 11.4. The fourth-order valence-electron chi connectivity index (χ4n) is 4.16. The molecular weight excluding hydrogens is 486 g/mol. The number of carbonyl (C=O) groups excluding carboxylic acids is 3. The summed E-state index contributed by atoms with van der Waals surface area (Å²) in [7, 11) is 1.30. The second-order valence-corrected chi connectivity index (χ2v) is 9.51. The van der Waals surface area contributed by atoms with Crippen molar-refractivity contribution in [2.45, 2.75) is 77.7 Å². The van der Waals surface area contributed by atoms with Crippen molar-refractivity contribution >= 4 is 33.9 Å². The summed E-state index contributed by atoms with van der Waals surface area (Å²) in [6.45, 7) is 8.56. The number of esters is 1. The molecule has 2 amide bonds. The maximum Gasteiger partial charge on any atom is 0.417 e. The number of halogens is 1. The summed E-state index contributed by atoms with van der Waals surface area (Å²) in [6, 6.07) is 1.09. The Balaban J connectivity index is 2.41. The van der Waals surface area contributed by atoms with E-state index in [2.05, 4.69) is 15.9 Å². The summed E-state index contributed by atoms with van der Waals surface area (Å²) >= 11 is 3.42. The topological polar surface area (TPSA) is 116 Å². The molecule has 1 aromatic heterocycles. The molecule has 1 N–H and O–H groups in total. The van der Waals surface area contributed by atoms with Gasteiger partial charge in [-0.05, 0) is 54.6 Å². The van der Waals surface area contributed by atoms with Crippen LogP contribution in [0.2, 0.25) is 0 Å². The Labute approximate surface area is 196 Å². The van der Waals surface area contributed by atoms with Crippen LogP contribution >= 0.6 is 15.9 Å². The lowest BCUT2D eigenvalue weighted by atomic mass is 9.88. The van der Waals surface area contributed by atoms with Gasteiger partial charge in [-0.2, -0.15) is 0 Å². The first kappa shape index (κ1) is 26.3. The van der Waals surface area contributed by atoms with Gasteiger partial charge in [-0.25, -0.2) is 9.69 Å². The second-order valence-electron chi connectivity index (χ2n) is 8.66. The van der Waals surface area contributed by atoms with E-state index in [4.69, 9.17) is 23.7 Å². The molecule has 0 aromatic carbocycles. The minimum absolute atomic E-state index is 0.0702. The van der Waals surface area contributed by atoms with Gasteiger partial charge in [-0.3, -0.25) is 9.59 Å². The van der Waals surface area contributed by atoms with Gasteiger partial charge in [0.1, 0.15) is 17.1 Å². The lowest BCUT2D eigenvalue weighted by Crippen LogP contribution is -2.52. The van der Waals surface area contributed by atoms with E-state index >= 15 is 0 Å². The molecule has 32 heavy (non-hydrogen) atoms. The van der Waals surface area contributed by atoms with Crippen LogP contribution < -0.4 is 0 Å². The normalized spacial score (nSPS) is 19.7. The largest absolute Gasteiger partial charge is 0.461 e. The van der Waals surface area contributed by atoms with Crippen LogP contribution in [0, 0.1) is 5.92 Å². The van der Waals surface area contributed by atoms with Gasteiger partial charge >= 0.3 is 12.1 Å². The highest BCUT2D eigenvalue weighted by Crippen LogP contribution is 2.37. The van der Waals surface area contributed by atoms with Crippen LogP contribution in [0.5, 0.6) is 0 Å². The predicted molar refractivity (Wildman–Crippen MR) is 118 cm³/mol. The third-order valence-electron chi connectivity index (χ3n) is 5.34. The Morgan fingerprint density at radius 3 is 2.50 bits per heavy atom. The van der Waals surface area contributed by atoms with Gasteiger partial charge in [0.2, 0.25) is 0 Å². The van der Waals surface area contributed by atoms with Crippen molar-refractivity contribution < 1.29 is 38.1 Å². The van der Waals surface area contributed by atoms with Crippen molar-refractivity contribution in [2.75, 3.05) is 13.7 Å². The molecule has 0 radical (unpaired) electrons. The quantitative estimate of drug-likeness (QED) is 0.368. The molecule has 2 rings (SSSR count). The summed E-state index contributed by atoms with van der Waals surface area (Å²) in [6.07, 6.45) is -1.47. The minimum Gasteiger partial charge on any atom is -0.461 e. The van der Waals surface area contributed by atoms with E-state index in [1.54, 1.807) is 19.9 Å². The number of unbranched alkanes of at least 4 members (excludes halogenated alkanes) is 1. The zero-order chi connectivity index (χ0) is 24.2. The summed E-state index contributed by atoms with van der Waals surface area (Å²) in [4.78, 5) is 39.0. The monoisotopic (exact) mass is 517 g/mol. The number of ether oxygens (including phenoxy) is 3. The van der Waals surface area contributed by atoms with Crippen LogP contribution in [0.25, 0.3) is 0 Å². The fraction of sp³-hybridized carbons (Fsp3) is 0.682. The molecule has 1 aliphatic rings. The summed E-state index contributed by atoms with van der Waals surface area (Å²) in [5.74, 6) is -0.596. The lowest BCUT2D eigenvalue weighted by Gasteiger charge is -2.33. The van der Waals surface area contributed by atoms with Crippen molar-refractivity contribution in [3.63, 3.8) is 0 Å². The Morgan fingerprint density at radius 1 is 1.31 bits per heavy atom. The molecule has 1 aromatic rings. The molecule has 1 aliphatic heterocycles. The number of rotatable bonds is 10. The van der Waals surface area contributed by atoms with E-state index in [9.17, 15) is 14.4 Å². The molecule has 2 heterocycles. The van der Waals surface area contributed by atoms with Crippen LogP contribution in [-0.4, -0.2) is 59.4 Å². The summed E-state index contributed by atoms with van der Waals surface area (Å²) in [5.41, 5.74) is -0.885. The van der Waals surface area contributed by atoms with Crippen LogP contribution in [0.15, 0.2) is 15.0 Å². The van der Waals surface area contributed by atoms with Crippen LogP contribution in [0.4, 0.5) is 4.79 Å². The zero-order valence-corrected chi connectivity index (χ0v) is 20.9. The number of aliphatic hydroxyl groups is 1. The number of carbonyl (C=O) groups is 3. The molecule has 0 spiro atoms. The van der Waals surface area contributed by atoms with Crippen LogP contribution in [0.1, 0.15) is 65.1 Å². The molecule has 9 nitrogen and oxygen atoms in total. The predicted octanol–water partition coefficient (Wildman–Crippen LogP) is 3.76. The van der Waals surface area contributed by atoms with Crippen molar-refractivity contribution in [2.24, 2.45) is 5.92 Å². The van der Waals surface area contributed by atoms with E-state index in [-0.39, 0.29) is 18.3 Å². The molecule has 1 saturated heterocycles. The number of hydrogen-bond donors (Lipinski definition) is 1. The van der Waals surface area contributed by atoms with Gasteiger partial charge in [0.25, 0.3) is 5.91 Å². The Hall–Kier alpha value is -1.91. The molecule has 1 fully saturated rings. The molecular formula is C22H32BrNO8. The van der Waals surface area contributed by atoms with E-state index in [1.807, 2.05) is 13.8 Å². The zero-order valence-electron chi connectivity index (χ0n) is 19.3. The summed E-state index contributed by atoms with van der Waals surface area (Å²) in [5, 5.41) is 9.00. The number of amides is 2. The smallest absolute Gasteiger partial charge is 0.417 e. The number of nitrogens with zero attached hydrogens (tertiary/aromatic N) is 1. The third kappa shape index (κ3) is 5.71. The average Bonchev–Trinajstić information content (AvgIpc) is 3.16. The van der Waals surface area contributed by atoms with Gasteiger partial charge < -0.3 is 23.7 Å². The molecule has 0 bridgehead atoms. The summed E-state index contributed by atoms with van der Waals surface area (Å²) < 4.78 is 22.9. The Morgan fingerprint density at radius 2 is 1.97 bits per heavy atom. The number of methoxy groups -OCH3 is 1. The van der Waals surface area contributed by atoms with Gasteiger partial charge in [-0.15, -0.1) is 0 Å². The first-order chi connectivity index (χ1) is 14.9. The van der Waals surface area contributed by atoms with Gasteiger partial charge in [0.15, 0.2) is 12.2 Å². The van der Waals surface area contributed by atoms with Gasteiger partial charge in [0.05, 0.1) is 10.5 Å². The third-order valence-corrected chi connectivity index (χ3v) is 6.01. The first-order valence-electron chi connectivity index (χ1n) is 10.6. The highest BCUT2D eigenvalue weighted by Gasteiger charge is 2.54. The van der Waals surface area contributed by atoms with Crippen molar-refractivity contribution in [1.29, 1.82) is 0 Å².